The van der Waals surface area contributed by atoms with Crippen LogP contribution >= 0.6 is 0 Å². The molecule has 0 saturated carbocycles. The zero-order valence-electron chi connectivity index (χ0n) is 15.0. The molecule has 0 unspecified atom stereocenters. The number of nitrogens with one attached hydrogen (secondary N) is 1. The van der Waals surface area contributed by atoms with Gasteiger partial charge in [-0.2, -0.15) is 0 Å². The molecule has 0 fully saturated rings. The number of hydrogen-bond donors (Lipinski definition) is 1. The van der Waals surface area contributed by atoms with E-state index in [9.17, 15) is 4.79 Å². The quantitative estimate of drug-likeness (QED) is 0.904. The Kier molecular flexibility index (Phi) is 4.91. The Morgan fingerprint density at radius 2 is 1.88 bits per heavy atom. The third-order valence-electron chi connectivity index (χ3n) is 4.34. The van der Waals surface area contributed by atoms with Crippen molar-refractivity contribution in [2.75, 3.05) is 23.4 Å². The Balaban J connectivity index is 1.82. The van der Waals surface area contributed by atoms with Crippen molar-refractivity contribution in [2.45, 2.75) is 26.4 Å². The van der Waals surface area contributed by atoms with Crippen LogP contribution in [0.3, 0.4) is 0 Å². The number of carbonyl (C=O) groups excluding carboxylic acids is 1. The average Bonchev–Trinajstić information content (AvgIpc) is 2.70. The Hall–Kier alpha value is -2.59. The van der Waals surface area contributed by atoms with Crippen LogP contribution in [0.4, 0.5) is 11.4 Å². The number of hydrogen-bond acceptors (Lipinski definition) is 3. The van der Waals surface area contributed by atoms with Crippen LogP contribution in [0.15, 0.2) is 54.7 Å². The van der Waals surface area contributed by atoms with Crippen molar-refractivity contribution in [1.82, 2.24) is 0 Å². The van der Waals surface area contributed by atoms with Crippen molar-refractivity contribution < 1.29 is 9.53 Å². The zero-order chi connectivity index (χ0) is 17.9. The summed E-state index contributed by atoms with van der Waals surface area (Å²) < 4.78 is 6.04. The van der Waals surface area contributed by atoms with Crippen molar-refractivity contribution in [3.8, 4) is 0 Å². The van der Waals surface area contributed by atoms with E-state index in [1.165, 1.54) is 18.2 Å². The summed E-state index contributed by atoms with van der Waals surface area (Å²) in [6.45, 7) is 7.21. The lowest BCUT2D eigenvalue weighted by atomic mass is 9.96. The molecule has 1 heterocycles. The van der Waals surface area contributed by atoms with Crippen molar-refractivity contribution in [2.24, 2.45) is 0 Å². The van der Waals surface area contributed by atoms with Crippen LogP contribution in [0.1, 0.15) is 31.9 Å². The molecule has 1 aliphatic rings. The number of fused-ring (bicyclic) bond motifs is 1. The molecule has 4 nitrogen and oxygen atoms in total. The van der Waals surface area contributed by atoms with Gasteiger partial charge >= 0.3 is 0 Å². The highest BCUT2D eigenvalue weighted by molar-refractivity contribution is 5.88. The average molecular weight is 336 g/mol. The number of benzene rings is 2. The van der Waals surface area contributed by atoms with Crippen LogP contribution in [-0.2, 0) is 15.1 Å². The molecule has 0 aliphatic carbocycles. The first-order valence-electron chi connectivity index (χ1n) is 8.52. The predicted molar refractivity (Wildman–Crippen MR) is 103 cm³/mol. The maximum Gasteiger partial charge on any atom is 0.221 e. The van der Waals surface area contributed by atoms with E-state index in [-0.39, 0.29) is 11.5 Å². The van der Waals surface area contributed by atoms with Crippen LogP contribution < -0.4 is 10.2 Å². The van der Waals surface area contributed by atoms with E-state index in [0.717, 1.165) is 17.8 Å². The van der Waals surface area contributed by atoms with Gasteiger partial charge in [-0.1, -0.05) is 30.3 Å². The van der Waals surface area contributed by atoms with E-state index in [1.807, 2.05) is 24.3 Å². The molecule has 4 heteroatoms. The van der Waals surface area contributed by atoms with Gasteiger partial charge in [-0.15, -0.1) is 0 Å². The topological polar surface area (TPSA) is 41.6 Å². The van der Waals surface area contributed by atoms with Gasteiger partial charge in [0.05, 0.1) is 12.2 Å². The van der Waals surface area contributed by atoms with Crippen LogP contribution in [0.5, 0.6) is 0 Å². The lowest BCUT2D eigenvalue weighted by Crippen LogP contribution is -2.21. The summed E-state index contributed by atoms with van der Waals surface area (Å²) in [6.07, 6.45) is 4.17. The highest BCUT2D eigenvalue weighted by Crippen LogP contribution is 2.35. The van der Waals surface area contributed by atoms with Gasteiger partial charge in [0.25, 0.3) is 0 Å². The van der Waals surface area contributed by atoms with Gasteiger partial charge in [0.15, 0.2) is 0 Å². The summed E-state index contributed by atoms with van der Waals surface area (Å²) in [5, 5.41) is 2.78. The minimum atomic E-state index is -0.292. The van der Waals surface area contributed by atoms with Gasteiger partial charge in [0.1, 0.15) is 0 Å². The normalized spacial score (nSPS) is 16.4. The number of rotatable bonds is 3. The van der Waals surface area contributed by atoms with E-state index in [4.69, 9.17) is 4.74 Å². The smallest absolute Gasteiger partial charge is 0.221 e. The molecular formula is C21H24N2O2. The SMILES string of the molecule is CC(=O)Nc1ccc(C=CN2CCOC(C)(C)c3ccccc32)cc1. The van der Waals surface area contributed by atoms with Crippen LogP contribution in [0.25, 0.3) is 6.08 Å². The second-order valence-electron chi connectivity index (χ2n) is 6.69. The lowest BCUT2D eigenvalue weighted by molar-refractivity contribution is -0.114. The van der Waals surface area contributed by atoms with Gasteiger partial charge in [0.2, 0.25) is 5.91 Å². The molecule has 3 rings (SSSR count). The first-order valence-corrected chi connectivity index (χ1v) is 8.52. The van der Waals surface area contributed by atoms with Crippen molar-refractivity contribution in [3.05, 3.63) is 65.9 Å². The minimum absolute atomic E-state index is 0.0629. The largest absolute Gasteiger partial charge is 0.369 e. The van der Waals surface area contributed by atoms with Gasteiger partial charge in [-0.3, -0.25) is 4.79 Å². The standard InChI is InChI=1S/C21H24N2O2/c1-16(24)22-18-10-8-17(9-11-18)12-13-23-14-15-25-21(2,3)19-6-4-5-7-20(19)23/h4-13H,14-15H2,1-3H3,(H,22,24). The molecular weight excluding hydrogens is 312 g/mol. The van der Waals surface area contributed by atoms with Crippen LogP contribution in [0, 0.1) is 0 Å². The monoisotopic (exact) mass is 336 g/mol. The van der Waals surface area contributed by atoms with Gasteiger partial charge in [-0.05, 0) is 43.7 Å². The van der Waals surface area contributed by atoms with Gasteiger partial charge in [0, 0.05) is 36.6 Å². The number of anilines is 2. The van der Waals surface area contributed by atoms with E-state index in [1.54, 1.807) is 0 Å². The Morgan fingerprint density at radius 1 is 1.16 bits per heavy atom. The summed E-state index contributed by atoms with van der Waals surface area (Å²) in [6, 6.07) is 16.2. The summed E-state index contributed by atoms with van der Waals surface area (Å²) in [4.78, 5) is 13.3. The van der Waals surface area contributed by atoms with E-state index in [2.05, 4.69) is 60.6 Å². The number of amides is 1. The van der Waals surface area contributed by atoms with Crippen LogP contribution in [0.2, 0.25) is 0 Å². The number of ether oxygens (including phenoxy) is 1. The van der Waals surface area contributed by atoms with Crippen LogP contribution in [-0.4, -0.2) is 19.1 Å². The highest BCUT2D eigenvalue weighted by Gasteiger charge is 2.28. The molecule has 2 aromatic carbocycles. The first kappa shape index (κ1) is 17.2. The molecule has 1 N–H and O–H groups in total. The molecule has 0 saturated heterocycles. The summed E-state index contributed by atoms with van der Waals surface area (Å²) in [5.74, 6) is -0.0629. The number of carbonyl (C=O) groups is 1. The fourth-order valence-electron chi connectivity index (χ4n) is 3.04. The summed E-state index contributed by atoms with van der Waals surface area (Å²) >= 11 is 0. The fraction of sp³-hybridized carbons (Fsp3) is 0.286. The Morgan fingerprint density at radius 3 is 2.60 bits per heavy atom. The van der Waals surface area contributed by atoms with Gasteiger partial charge in [-0.25, -0.2) is 0 Å². The summed E-state index contributed by atoms with van der Waals surface area (Å²) in [7, 11) is 0. The minimum Gasteiger partial charge on any atom is -0.369 e. The second kappa shape index (κ2) is 7.11. The fourth-order valence-corrected chi connectivity index (χ4v) is 3.04. The Labute approximate surface area is 149 Å². The molecule has 0 aromatic heterocycles. The summed E-state index contributed by atoms with van der Waals surface area (Å²) in [5.41, 5.74) is 3.96. The van der Waals surface area contributed by atoms with E-state index < -0.39 is 0 Å². The molecule has 0 atom stereocenters. The third-order valence-corrected chi connectivity index (χ3v) is 4.34. The maximum atomic E-state index is 11.1. The molecule has 0 radical (unpaired) electrons. The second-order valence-corrected chi connectivity index (χ2v) is 6.69. The third kappa shape index (κ3) is 4.09. The molecule has 0 spiro atoms. The molecule has 130 valence electrons. The number of nitrogens with zero attached hydrogens (tertiary/aromatic N) is 1. The predicted octanol–water partition coefficient (Wildman–Crippen LogP) is 4.39. The molecule has 25 heavy (non-hydrogen) atoms. The van der Waals surface area contributed by atoms with E-state index in [0.29, 0.717) is 6.61 Å². The van der Waals surface area contributed by atoms with Crippen molar-refractivity contribution >= 4 is 23.4 Å². The van der Waals surface area contributed by atoms with Crippen molar-refractivity contribution in [3.63, 3.8) is 0 Å². The van der Waals surface area contributed by atoms with Gasteiger partial charge < -0.3 is 15.0 Å². The molecule has 2 aromatic rings. The first-order chi connectivity index (χ1) is 12.0. The Bertz CT molecular complexity index is 779. The maximum absolute atomic E-state index is 11.1. The number of para-hydroxylation sites is 1. The van der Waals surface area contributed by atoms with E-state index >= 15 is 0 Å². The molecule has 0 bridgehead atoms. The highest BCUT2D eigenvalue weighted by atomic mass is 16.5. The lowest BCUT2D eigenvalue weighted by Gasteiger charge is -2.26. The van der Waals surface area contributed by atoms with Crippen molar-refractivity contribution in [1.29, 1.82) is 0 Å². The molecule has 1 amide bonds. The molecule has 1 aliphatic heterocycles. The zero-order valence-corrected chi connectivity index (χ0v) is 15.0.